The number of amides is 1. The van der Waals surface area contributed by atoms with Crippen LogP contribution in [0, 0.1) is 5.92 Å². The fourth-order valence-corrected chi connectivity index (χ4v) is 2.88. The largest absolute Gasteiger partial charge is 0.490 e. The van der Waals surface area contributed by atoms with Crippen molar-refractivity contribution in [3.63, 3.8) is 0 Å². The first-order chi connectivity index (χ1) is 12.1. The maximum Gasteiger partial charge on any atom is 0.250 e. The van der Waals surface area contributed by atoms with E-state index >= 15 is 0 Å². The van der Waals surface area contributed by atoms with Crippen LogP contribution in [0.1, 0.15) is 39.3 Å². The number of nitrogens with one attached hydrogen (secondary N) is 2. The fraction of sp³-hybridized carbons (Fsp3) is 0.632. The van der Waals surface area contributed by atoms with Crippen molar-refractivity contribution in [1.82, 2.24) is 10.6 Å². The minimum Gasteiger partial charge on any atom is -0.490 e. The maximum atomic E-state index is 12.5. The summed E-state index contributed by atoms with van der Waals surface area (Å²) in [5.41, 5.74) is 0.999. The molecule has 2 N–H and O–H groups in total. The first-order valence-corrected chi connectivity index (χ1v) is 9.09. The van der Waals surface area contributed by atoms with Crippen LogP contribution in [0.15, 0.2) is 18.2 Å². The van der Waals surface area contributed by atoms with Gasteiger partial charge in [0.1, 0.15) is 6.10 Å². The van der Waals surface area contributed by atoms with E-state index in [4.69, 9.17) is 14.2 Å². The molecular formula is C19H31ClN2O4. The summed E-state index contributed by atoms with van der Waals surface area (Å²) in [6.45, 7) is 11.1. The smallest absolute Gasteiger partial charge is 0.250 e. The lowest BCUT2D eigenvalue weighted by Gasteiger charge is -2.28. The number of carbonyl (C=O) groups excluding carboxylic acids is 1. The van der Waals surface area contributed by atoms with E-state index in [1.165, 1.54) is 0 Å². The Bertz CT molecular complexity index is 562. The molecule has 2 atom stereocenters. The van der Waals surface area contributed by atoms with E-state index in [9.17, 15) is 4.79 Å². The third-order valence-corrected chi connectivity index (χ3v) is 4.11. The molecule has 1 fully saturated rings. The number of rotatable bonds is 8. The molecule has 1 heterocycles. The van der Waals surface area contributed by atoms with Gasteiger partial charge in [0.15, 0.2) is 11.5 Å². The van der Waals surface area contributed by atoms with E-state index in [0.29, 0.717) is 32.1 Å². The SMILES string of the molecule is CCOc1ccc(C(NC(=O)C2CNCCO2)C(C)C)cc1OCC.Cl. The lowest BCUT2D eigenvalue weighted by atomic mass is 9.95. The first-order valence-electron chi connectivity index (χ1n) is 9.09. The summed E-state index contributed by atoms with van der Waals surface area (Å²) in [7, 11) is 0. The number of carbonyl (C=O) groups is 1. The van der Waals surface area contributed by atoms with Crippen LogP contribution in [0.5, 0.6) is 11.5 Å². The Kier molecular flexibility index (Phi) is 9.76. The molecule has 148 valence electrons. The minimum absolute atomic E-state index is 0. The number of hydrogen-bond donors (Lipinski definition) is 2. The highest BCUT2D eigenvalue weighted by molar-refractivity contribution is 5.85. The van der Waals surface area contributed by atoms with Crippen molar-refractivity contribution in [2.45, 2.75) is 39.8 Å². The fourth-order valence-electron chi connectivity index (χ4n) is 2.88. The van der Waals surface area contributed by atoms with Crippen LogP contribution in [0.4, 0.5) is 0 Å². The average Bonchev–Trinajstić information content (AvgIpc) is 2.62. The van der Waals surface area contributed by atoms with Crippen molar-refractivity contribution < 1.29 is 19.0 Å². The molecule has 1 aliphatic heterocycles. The molecule has 7 heteroatoms. The van der Waals surface area contributed by atoms with Crippen molar-refractivity contribution in [1.29, 1.82) is 0 Å². The van der Waals surface area contributed by atoms with Crippen LogP contribution in [0.3, 0.4) is 0 Å². The molecule has 0 aliphatic carbocycles. The molecule has 0 spiro atoms. The second kappa shape index (κ2) is 11.3. The highest BCUT2D eigenvalue weighted by atomic mass is 35.5. The maximum absolute atomic E-state index is 12.5. The van der Waals surface area contributed by atoms with Crippen LogP contribution in [-0.2, 0) is 9.53 Å². The first kappa shape index (κ1) is 22.5. The van der Waals surface area contributed by atoms with Gasteiger partial charge in [-0.1, -0.05) is 19.9 Å². The van der Waals surface area contributed by atoms with Gasteiger partial charge >= 0.3 is 0 Å². The Morgan fingerprint density at radius 3 is 2.54 bits per heavy atom. The molecule has 0 aromatic heterocycles. The Balaban J connectivity index is 0.00000338. The Morgan fingerprint density at radius 2 is 1.96 bits per heavy atom. The van der Waals surface area contributed by atoms with Crippen LogP contribution in [-0.4, -0.2) is 44.9 Å². The minimum atomic E-state index is -0.441. The molecule has 2 unspecified atom stereocenters. The second-order valence-electron chi connectivity index (χ2n) is 6.37. The van der Waals surface area contributed by atoms with Crippen LogP contribution >= 0.6 is 12.4 Å². The number of ether oxygens (including phenoxy) is 3. The van der Waals surface area contributed by atoms with E-state index in [1.807, 2.05) is 32.0 Å². The second-order valence-corrected chi connectivity index (χ2v) is 6.37. The molecule has 0 saturated carbocycles. The predicted octanol–water partition coefficient (Wildman–Crippen LogP) is 2.71. The van der Waals surface area contributed by atoms with Gasteiger partial charge in [-0.05, 0) is 37.5 Å². The standard InChI is InChI=1S/C19H30N2O4.ClH/c1-5-23-15-8-7-14(11-16(15)24-6-2)18(13(3)4)21-19(22)17-12-20-9-10-25-17;/h7-8,11,13,17-18,20H,5-6,9-10,12H2,1-4H3,(H,21,22);1H. The Morgan fingerprint density at radius 1 is 1.27 bits per heavy atom. The molecular weight excluding hydrogens is 356 g/mol. The summed E-state index contributed by atoms with van der Waals surface area (Å²) in [5.74, 6) is 1.57. The Labute approximate surface area is 162 Å². The van der Waals surface area contributed by atoms with E-state index in [-0.39, 0.29) is 30.3 Å². The highest BCUT2D eigenvalue weighted by Gasteiger charge is 2.26. The molecule has 1 aliphatic rings. The van der Waals surface area contributed by atoms with Crippen molar-refractivity contribution in [2.24, 2.45) is 5.92 Å². The van der Waals surface area contributed by atoms with Gasteiger partial charge in [-0.3, -0.25) is 4.79 Å². The highest BCUT2D eigenvalue weighted by Crippen LogP contribution is 2.33. The van der Waals surface area contributed by atoms with Gasteiger partial charge in [0.2, 0.25) is 0 Å². The summed E-state index contributed by atoms with van der Waals surface area (Å²) >= 11 is 0. The molecule has 1 aromatic carbocycles. The zero-order valence-corrected chi connectivity index (χ0v) is 16.9. The van der Waals surface area contributed by atoms with Gasteiger partial charge in [0.05, 0.1) is 25.9 Å². The normalized spacial score (nSPS) is 18.0. The van der Waals surface area contributed by atoms with Crippen LogP contribution in [0.2, 0.25) is 0 Å². The van der Waals surface area contributed by atoms with E-state index in [2.05, 4.69) is 24.5 Å². The molecule has 1 amide bonds. The van der Waals surface area contributed by atoms with Crippen LogP contribution in [0.25, 0.3) is 0 Å². The molecule has 6 nitrogen and oxygen atoms in total. The van der Waals surface area contributed by atoms with Gasteiger partial charge in [-0.2, -0.15) is 0 Å². The molecule has 2 rings (SSSR count). The van der Waals surface area contributed by atoms with Crippen molar-refractivity contribution in [3.05, 3.63) is 23.8 Å². The predicted molar refractivity (Wildman–Crippen MR) is 104 cm³/mol. The Hall–Kier alpha value is -1.50. The number of benzene rings is 1. The zero-order chi connectivity index (χ0) is 18.2. The van der Waals surface area contributed by atoms with E-state index < -0.39 is 6.10 Å². The summed E-state index contributed by atoms with van der Waals surface area (Å²) in [4.78, 5) is 12.5. The van der Waals surface area contributed by atoms with Gasteiger partial charge in [-0.25, -0.2) is 0 Å². The molecule has 1 aromatic rings. The van der Waals surface area contributed by atoms with Gasteiger partial charge in [-0.15, -0.1) is 12.4 Å². The average molecular weight is 387 g/mol. The summed E-state index contributed by atoms with van der Waals surface area (Å²) < 4.78 is 16.9. The molecule has 1 saturated heterocycles. The van der Waals surface area contributed by atoms with Gasteiger partial charge < -0.3 is 24.8 Å². The number of halogens is 1. The summed E-state index contributed by atoms with van der Waals surface area (Å²) in [6.07, 6.45) is -0.441. The van der Waals surface area contributed by atoms with E-state index in [1.54, 1.807) is 0 Å². The topological polar surface area (TPSA) is 68.8 Å². The molecule has 26 heavy (non-hydrogen) atoms. The molecule has 0 radical (unpaired) electrons. The third-order valence-electron chi connectivity index (χ3n) is 4.11. The number of morpholine rings is 1. The lowest BCUT2D eigenvalue weighted by Crippen LogP contribution is -2.49. The van der Waals surface area contributed by atoms with Crippen molar-refractivity contribution >= 4 is 18.3 Å². The molecule has 0 bridgehead atoms. The van der Waals surface area contributed by atoms with E-state index in [0.717, 1.165) is 17.9 Å². The quantitative estimate of drug-likeness (QED) is 0.719. The van der Waals surface area contributed by atoms with Gasteiger partial charge in [0.25, 0.3) is 5.91 Å². The third kappa shape index (κ3) is 6.04. The van der Waals surface area contributed by atoms with Crippen molar-refractivity contribution in [2.75, 3.05) is 32.9 Å². The summed E-state index contributed by atoms with van der Waals surface area (Å²) in [5, 5.41) is 6.31. The number of hydrogen-bond acceptors (Lipinski definition) is 5. The summed E-state index contributed by atoms with van der Waals surface area (Å²) in [6, 6.07) is 5.73. The van der Waals surface area contributed by atoms with Crippen molar-refractivity contribution in [3.8, 4) is 11.5 Å². The monoisotopic (exact) mass is 386 g/mol. The lowest BCUT2D eigenvalue weighted by molar-refractivity contribution is -0.135. The van der Waals surface area contributed by atoms with Gasteiger partial charge in [0, 0.05) is 13.1 Å². The zero-order valence-electron chi connectivity index (χ0n) is 16.0. The van der Waals surface area contributed by atoms with Crippen LogP contribution < -0.4 is 20.1 Å².